The van der Waals surface area contributed by atoms with Crippen molar-refractivity contribution in [3.8, 4) is 5.69 Å². The second-order valence-corrected chi connectivity index (χ2v) is 8.00. The number of aromatic nitrogens is 4. The number of fused-ring (bicyclic) bond motifs is 1. The van der Waals surface area contributed by atoms with Gasteiger partial charge in [-0.15, -0.1) is 0 Å². The van der Waals surface area contributed by atoms with E-state index in [2.05, 4.69) is 4.98 Å². The molecule has 1 fully saturated rings. The molecule has 0 spiro atoms. The molecule has 0 saturated heterocycles. The summed E-state index contributed by atoms with van der Waals surface area (Å²) in [5.41, 5.74) is -0.154. The van der Waals surface area contributed by atoms with Crippen molar-refractivity contribution in [1.29, 1.82) is 0 Å². The summed E-state index contributed by atoms with van der Waals surface area (Å²) in [6.45, 7) is 0.0506. The minimum absolute atomic E-state index is 0.0506. The summed E-state index contributed by atoms with van der Waals surface area (Å²) >= 11 is 0. The number of hydrogen-bond acceptors (Lipinski definition) is 3. The first kappa shape index (κ1) is 20.3. The Morgan fingerprint density at radius 3 is 2.47 bits per heavy atom. The highest BCUT2D eigenvalue weighted by Crippen LogP contribution is 2.28. The van der Waals surface area contributed by atoms with Crippen LogP contribution in [-0.4, -0.2) is 18.7 Å². The molecule has 2 aromatic heterocycles. The summed E-state index contributed by atoms with van der Waals surface area (Å²) in [6.07, 6.45) is 4.58. The number of hydrogen-bond donors (Lipinski definition) is 0. The van der Waals surface area contributed by atoms with Crippen molar-refractivity contribution >= 4 is 11.2 Å². The highest BCUT2D eigenvalue weighted by Gasteiger charge is 2.26. The first-order chi connectivity index (χ1) is 15.4. The van der Waals surface area contributed by atoms with Gasteiger partial charge in [-0.05, 0) is 48.7 Å². The molecule has 2 heterocycles. The summed E-state index contributed by atoms with van der Waals surface area (Å²) in [7, 11) is 0. The van der Waals surface area contributed by atoms with Gasteiger partial charge in [-0.2, -0.15) is 0 Å². The van der Waals surface area contributed by atoms with E-state index < -0.39 is 28.7 Å². The summed E-state index contributed by atoms with van der Waals surface area (Å²) in [4.78, 5) is 31.1. The Bertz CT molecular complexity index is 1450. The molecule has 0 unspecified atom stereocenters. The van der Waals surface area contributed by atoms with Crippen LogP contribution >= 0.6 is 0 Å². The second kappa shape index (κ2) is 7.81. The van der Waals surface area contributed by atoms with E-state index in [1.807, 2.05) is 0 Å². The van der Waals surface area contributed by atoms with Crippen molar-refractivity contribution in [3.05, 3.63) is 92.6 Å². The van der Waals surface area contributed by atoms with Gasteiger partial charge >= 0.3 is 5.69 Å². The fourth-order valence-corrected chi connectivity index (χ4v) is 4.44. The molecule has 1 saturated carbocycles. The molecule has 164 valence electrons. The largest absolute Gasteiger partial charge is 0.337 e. The van der Waals surface area contributed by atoms with Crippen LogP contribution in [0.5, 0.6) is 0 Å². The molecular formula is C23H19F3N4O2. The number of halogens is 3. The fourth-order valence-electron chi connectivity index (χ4n) is 4.44. The van der Waals surface area contributed by atoms with E-state index in [0.29, 0.717) is 18.4 Å². The van der Waals surface area contributed by atoms with Crippen LogP contribution in [0.3, 0.4) is 0 Å². The van der Waals surface area contributed by atoms with Crippen LogP contribution < -0.4 is 11.2 Å². The quantitative estimate of drug-likeness (QED) is 0.483. The topological polar surface area (TPSA) is 61.8 Å². The molecule has 0 N–H and O–H groups in total. The van der Waals surface area contributed by atoms with Crippen molar-refractivity contribution in [2.45, 2.75) is 38.3 Å². The Labute approximate surface area is 180 Å². The van der Waals surface area contributed by atoms with E-state index in [9.17, 15) is 22.8 Å². The van der Waals surface area contributed by atoms with Crippen molar-refractivity contribution in [3.63, 3.8) is 0 Å². The molecule has 9 heteroatoms. The van der Waals surface area contributed by atoms with E-state index in [-0.39, 0.29) is 29.4 Å². The maximum Gasteiger partial charge on any atom is 0.337 e. The van der Waals surface area contributed by atoms with Gasteiger partial charge in [-0.3, -0.25) is 9.36 Å². The number of imidazole rings is 1. The van der Waals surface area contributed by atoms with E-state index in [1.165, 1.54) is 44.3 Å². The lowest BCUT2D eigenvalue weighted by Gasteiger charge is -2.17. The first-order valence-corrected chi connectivity index (χ1v) is 10.4. The van der Waals surface area contributed by atoms with Gasteiger partial charge in [-0.25, -0.2) is 27.5 Å². The minimum Gasteiger partial charge on any atom is -0.320 e. The average molecular weight is 440 g/mol. The molecule has 0 aliphatic heterocycles. The molecule has 1 aliphatic carbocycles. The van der Waals surface area contributed by atoms with E-state index in [4.69, 9.17) is 0 Å². The average Bonchev–Trinajstić information content (AvgIpc) is 3.42. The predicted octanol–water partition coefficient (Wildman–Crippen LogP) is 3.93. The molecule has 0 radical (unpaired) electrons. The Morgan fingerprint density at radius 2 is 1.75 bits per heavy atom. The van der Waals surface area contributed by atoms with Crippen molar-refractivity contribution in [2.24, 2.45) is 0 Å². The standard InChI is InChI=1S/C23H19F3N4O2/c24-15-4-3-7-17(11-15)29-21-20(22(31)30(23(29)32)16-5-1-2-6-16)28(13-27-21)12-14-8-9-18(25)19(26)10-14/h3-4,7-11,13,16H,1-2,5-6,12H2. The lowest BCUT2D eigenvalue weighted by molar-refractivity contribution is 0.474. The maximum absolute atomic E-state index is 14.0. The molecule has 1 aliphatic rings. The third-order valence-corrected chi connectivity index (χ3v) is 5.94. The van der Waals surface area contributed by atoms with Crippen molar-refractivity contribution in [1.82, 2.24) is 18.7 Å². The van der Waals surface area contributed by atoms with Crippen LogP contribution in [0.25, 0.3) is 16.9 Å². The Balaban J connectivity index is 1.77. The van der Waals surface area contributed by atoms with Gasteiger partial charge in [0.2, 0.25) is 0 Å². The molecule has 5 rings (SSSR count). The Morgan fingerprint density at radius 1 is 0.969 bits per heavy atom. The van der Waals surface area contributed by atoms with Crippen LogP contribution in [-0.2, 0) is 6.54 Å². The fraction of sp³-hybridized carbons (Fsp3) is 0.261. The predicted molar refractivity (Wildman–Crippen MR) is 113 cm³/mol. The van der Waals surface area contributed by atoms with Crippen LogP contribution in [0.15, 0.2) is 58.4 Å². The number of nitrogens with zero attached hydrogens (tertiary/aromatic N) is 4. The highest BCUT2D eigenvalue weighted by molar-refractivity contribution is 5.72. The monoisotopic (exact) mass is 440 g/mol. The van der Waals surface area contributed by atoms with Gasteiger partial charge in [0.1, 0.15) is 5.82 Å². The van der Waals surface area contributed by atoms with Gasteiger partial charge < -0.3 is 4.57 Å². The van der Waals surface area contributed by atoms with Crippen LogP contribution in [0.2, 0.25) is 0 Å². The molecule has 0 bridgehead atoms. The SMILES string of the molecule is O=c1c2c(ncn2Cc2ccc(F)c(F)c2)n(-c2cccc(F)c2)c(=O)n1C1CCCC1. The zero-order valence-electron chi connectivity index (χ0n) is 17.0. The molecule has 32 heavy (non-hydrogen) atoms. The Kier molecular flexibility index (Phi) is 4.96. The number of rotatable bonds is 4. The van der Waals surface area contributed by atoms with Crippen LogP contribution in [0.4, 0.5) is 13.2 Å². The normalized spacial score (nSPS) is 14.5. The highest BCUT2D eigenvalue weighted by atomic mass is 19.2. The summed E-state index contributed by atoms with van der Waals surface area (Å²) in [5, 5.41) is 0. The van der Waals surface area contributed by atoms with Gasteiger partial charge in [-0.1, -0.05) is 25.0 Å². The smallest absolute Gasteiger partial charge is 0.320 e. The maximum atomic E-state index is 14.0. The molecule has 2 aromatic carbocycles. The van der Waals surface area contributed by atoms with E-state index in [1.54, 1.807) is 6.07 Å². The second-order valence-electron chi connectivity index (χ2n) is 8.00. The van der Waals surface area contributed by atoms with Crippen molar-refractivity contribution < 1.29 is 13.2 Å². The van der Waals surface area contributed by atoms with Crippen LogP contribution in [0, 0.1) is 17.5 Å². The van der Waals surface area contributed by atoms with Gasteiger partial charge in [0.15, 0.2) is 22.8 Å². The summed E-state index contributed by atoms with van der Waals surface area (Å²) in [5.74, 6) is -2.48. The first-order valence-electron chi connectivity index (χ1n) is 10.4. The molecule has 0 amide bonds. The number of benzene rings is 2. The lowest BCUT2D eigenvalue weighted by Crippen LogP contribution is -2.41. The third-order valence-electron chi connectivity index (χ3n) is 5.94. The zero-order chi connectivity index (χ0) is 22.4. The van der Waals surface area contributed by atoms with Crippen LogP contribution in [0.1, 0.15) is 37.3 Å². The van der Waals surface area contributed by atoms with Gasteiger partial charge in [0, 0.05) is 12.6 Å². The van der Waals surface area contributed by atoms with E-state index in [0.717, 1.165) is 25.0 Å². The van der Waals surface area contributed by atoms with Gasteiger partial charge in [0.25, 0.3) is 5.56 Å². The van der Waals surface area contributed by atoms with Gasteiger partial charge in [0.05, 0.1) is 12.0 Å². The molecule has 4 aromatic rings. The lowest BCUT2D eigenvalue weighted by atomic mass is 10.2. The zero-order valence-corrected chi connectivity index (χ0v) is 17.0. The summed E-state index contributed by atoms with van der Waals surface area (Å²) < 4.78 is 44.9. The molecular weight excluding hydrogens is 421 g/mol. The third kappa shape index (κ3) is 3.34. The minimum atomic E-state index is -0.994. The van der Waals surface area contributed by atoms with E-state index >= 15 is 0 Å². The van der Waals surface area contributed by atoms with Crippen molar-refractivity contribution in [2.75, 3.05) is 0 Å². The summed E-state index contributed by atoms with van der Waals surface area (Å²) in [6, 6.07) is 8.75. The molecule has 0 atom stereocenters. The Hall–Kier alpha value is -3.62. The molecule has 6 nitrogen and oxygen atoms in total.